The molecular formula is C32H28ClF2N7O2S. The average Bonchev–Trinajstić information content (AvgIpc) is 3.75. The highest BCUT2D eigenvalue weighted by Crippen LogP contribution is 2.52. The van der Waals surface area contributed by atoms with Gasteiger partial charge in [0.2, 0.25) is 0 Å². The van der Waals surface area contributed by atoms with Crippen LogP contribution < -0.4 is 20.1 Å². The summed E-state index contributed by atoms with van der Waals surface area (Å²) >= 11 is 7.91. The number of nitrogen functional groups attached to an aromatic ring is 1. The Morgan fingerprint density at radius 3 is 2.89 bits per heavy atom. The van der Waals surface area contributed by atoms with E-state index in [9.17, 15) is 14.9 Å². The molecule has 45 heavy (non-hydrogen) atoms. The molecule has 0 saturated carbocycles. The van der Waals surface area contributed by atoms with Crippen molar-refractivity contribution in [1.82, 2.24) is 14.9 Å². The van der Waals surface area contributed by atoms with Crippen LogP contribution in [0.2, 0.25) is 5.02 Å². The van der Waals surface area contributed by atoms with Crippen molar-refractivity contribution in [2.45, 2.75) is 44.2 Å². The molecule has 3 saturated heterocycles. The third-order valence-electron chi connectivity index (χ3n) is 10.00. The maximum Gasteiger partial charge on any atom is 0.319 e. The molecule has 0 amide bonds. The molecule has 3 fully saturated rings. The highest BCUT2D eigenvalue weighted by molar-refractivity contribution is 7.23. The molecule has 2 aromatic heterocycles. The fourth-order valence-electron chi connectivity index (χ4n) is 8.05. The van der Waals surface area contributed by atoms with E-state index in [4.69, 9.17) is 31.8 Å². The summed E-state index contributed by atoms with van der Waals surface area (Å²) in [5.41, 5.74) is 6.06. The number of rotatable bonds is 4. The zero-order valence-electron chi connectivity index (χ0n) is 24.4. The predicted octanol–water partition coefficient (Wildman–Crippen LogP) is 6.26. The van der Waals surface area contributed by atoms with Crippen LogP contribution in [0, 0.1) is 46.1 Å². The van der Waals surface area contributed by atoms with E-state index in [2.05, 4.69) is 22.9 Å². The maximum atomic E-state index is 17.0. The minimum absolute atomic E-state index is 0.0270. The molecule has 0 radical (unpaired) electrons. The predicted molar refractivity (Wildman–Crippen MR) is 168 cm³/mol. The van der Waals surface area contributed by atoms with Crippen molar-refractivity contribution in [1.29, 1.82) is 10.5 Å². The van der Waals surface area contributed by atoms with E-state index in [0.29, 0.717) is 31.3 Å². The van der Waals surface area contributed by atoms with Crippen LogP contribution in [-0.2, 0) is 0 Å². The van der Waals surface area contributed by atoms with Crippen molar-refractivity contribution in [3.8, 4) is 35.0 Å². The van der Waals surface area contributed by atoms with Crippen molar-refractivity contribution >= 4 is 54.7 Å². The molecule has 9 nitrogen and oxygen atoms in total. The van der Waals surface area contributed by atoms with Crippen molar-refractivity contribution in [2.24, 2.45) is 11.8 Å². The van der Waals surface area contributed by atoms with Crippen LogP contribution in [0.5, 0.6) is 11.8 Å². The molecule has 4 aliphatic rings. The van der Waals surface area contributed by atoms with Crippen molar-refractivity contribution in [3.63, 3.8) is 0 Å². The fourth-order valence-corrected chi connectivity index (χ4v) is 9.33. The molecule has 230 valence electrons. The zero-order chi connectivity index (χ0) is 31.2. The Morgan fingerprint density at radius 2 is 2.09 bits per heavy atom. The lowest BCUT2D eigenvalue weighted by atomic mass is 9.92. The van der Waals surface area contributed by atoms with Gasteiger partial charge in [0.1, 0.15) is 41.4 Å². The molecule has 2 N–H and O–H groups in total. The van der Waals surface area contributed by atoms with Crippen LogP contribution in [0.4, 0.5) is 19.6 Å². The van der Waals surface area contributed by atoms with Gasteiger partial charge < -0.3 is 20.1 Å². The van der Waals surface area contributed by atoms with Crippen LogP contribution in [0.3, 0.4) is 0 Å². The van der Waals surface area contributed by atoms with E-state index in [1.165, 1.54) is 12.1 Å². The van der Waals surface area contributed by atoms with Crippen molar-refractivity contribution < 1.29 is 18.3 Å². The fraction of sp³-hybridized carbons (Fsp3) is 0.438. The van der Waals surface area contributed by atoms with Crippen molar-refractivity contribution in [2.75, 3.05) is 43.5 Å². The number of hydrogen-bond donors (Lipinski definition) is 1. The van der Waals surface area contributed by atoms with Gasteiger partial charge in [-0.25, -0.2) is 8.78 Å². The number of nitriles is 2. The average molecular weight is 648 g/mol. The summed E-state index contributed by atoms with van der Waals surface area (Å²) in [5, 5.41) is 20.3. The zero-order valence-corrected chi connectivity index (χ0v) is 25.9. The normalized spacial score (nSPS) is 25.6. The summed E-state index contributed by atoms with van der Waals surface area (Å²) in [7, 11) is 0. The Morgan fingerprint density at radius 1 is 1.24 bits per heavy atom. The second-order valence-corrected chi connectivity index (χ2v) is 14.0. The molecular weight excluding hydrogens is 620 g/mol. The molecule has 0 spiro atoms. The van der Waals surface area contributed by atoms with E-state index in [1.807, 2.05) is 11.0 Å². The minimum Gasteiger partial charge on any atom is -0.489 e. The number of fused-ring (bicyclic) bond motifs is 4. The van der Waals surface area contributed by atoms with Crippen molar-refractivity contribution in [3.05, 3.63) is 34.4 Å². The number of thiophene rings is 1. The second kappa shape index (κ2) is 10.3. The van der Waals surface area contributed by atoms with Gasteiger partial charge in [0.05, 0.1) is 44.2 Å². The molecule has 13 heteroatoms. The number of aromatic nitrogens is 2. The number of hydrogen-bond acceptors (Lipinski definition) is 10. The number of nitrogens with two attached hydrogens (primary N) is 1. The van der Waals surface area contributed by atoms with E-state index in [1.54, 1.807) is 0 Å². The monoisotopic (exact) mass is 647 g/mol. The molecule has 4 aliphatic heterocycles. The first-order valence-electron chi connectivity index (χ1n) is 15.0. The molecule has 0 aliphatic carbocycles. The summed E-state index contributed by atoms with van der Waals surface area (Å²) in [5.74, 6) is -0.569. The maximum absolute atomic E-state index is 17.0. The SMILES string of the molecule is C[C@H]1CN2CCCC2(COc2nc3c4c(c(Cl)c(-c5ccc(F)c6sc(N)c(C#N)c56)c(F)c4n2)OCC2C(C#N)CCN32)C1. The van der Waals surface area contributed by atoms with Crippen LogP contribution in [0.25, 0.3) is 32.1 Å². The topological polar surface area (TPSA) is 124 Å². The molecule has 0 bridgehead atoms. The highest BCUT2D eigenvalue weighted by Gasteiger charge is 2.48. The molecule has 2 aromatic carbocycles. The summed E-state index contributed by atoms with van der Waals surface area (Å²) in [4.78, 5) is 13.9. The lowest BCUT2D eigenvalue weighted by Gasteiger charge is -2.31. The molecule has 6 heterocycles. The largest absolute Gasteiger partial charge is 0.489 e. The van der Waals surface area contributed by atoms with Gasteiger partial charge in [-0.2, -0.15) is 20.5 Å². The number of nitrogens with zero attached hydrogens (tertiary/aromatic N) is 6. The van der Waals surface area contributed by atoms with Crippen LogP contribution >= 0.6 is 22.9 Å². The second-order valence-electron chi connectivity index (χ2n) is 12.6. The van der Waals surface area contributed by atoms with E-state index in [-0.39, 0.29) is 83.6 Å². The summed E-state index contributed by atoms with van der Waals surface area (Å²) in [6.07, 6.45) is 3.71. The Hall–Kier alpha value is -3.97. The van der Waals surface area contributed by atoms with Gasteiger partial charge >= 0.3 is 6.01 Å². The molecule has 3 unspecified atom stereocenters. The van der Waals surface area contributed by atoms with Crippen LogP contribution in [0.1, 0.15) is 38.2 Å². The van der Waals surface area contributed by atoms with Gasteiger partial charge in [0.15, 0.2) is 11.6 Å². The Bertz CT molecular complexity index is 2010. The van der Waals surface area contributed by atoms with Gasteiger partial charge in [-0.15, -0.1) is 11.3 Å². The van der Waals surface area contributed by atoms with Crippen LogP contribution in [-0.4, -0.2) is 59.3 Å². The molecule has 4 aromatic rings. The summed E-state index contributed by atoms with van der Waals surface area (Å²) < 4.78 is 44.7. The van der Waals surface area contributed by atoms with Gasteiger partial charge in [-0.1, -0.05) is 24.6 Å². The van der Waals surface area contributed by atoms with E-state index >= 15 is 4.39 Å². The third kappa shape index (κ3) is 4.09. The van der Waals surface area contributed by atoms with Gasteiger partial charge in [0, 0.05) is 24.0 Å². The first kappa shape index (κ1) is 28.5. The summed E-state index contributed by atoms with van der Waals surface area (Å²) in [6.45, 7) is 5.28. The Balaban J connectivity index is 1.35. The third-order valence-corrected chi connectivity index (χ3v) is 11.4. The molecule has 4 atom stereocenters. The van der Waals surface area contributed by atoms with Gasteiger partial charge in [-0.3, -0.25) is 4.90 Å². The highest BCUT2D eigenvalue weighted by atomic mass is 35.5. The Kier molecular flexibility index (Phi) is 6.51. The number of benzene rings is 2. The van der Waals surface area contributed by atoms with Gasteiger partial charge in [-0.05, 0) is 49.8 Å². The van der Waals surface area contributed by atoms with E-state index in [0.717, 1.165) is 43.7 Å². The van der Waals surface area contributed by atoms with Crippen LogP contribution in [0.15, 0.2) is 12.1 Å². The van der Waals surface area contributed by atoms with Gasteiger partial charge in [0.25, 0.3) is 0 Å². The molecule has 8 rings (SSSR count). The lowest BCUT2D eigenvalue weighted by molar-refractivity contribution is 0.107. The quantitative estimate of drug-likeness (QED) is 0.273. The number of anilines is 2. The summed E-state index contributed by atoms with van der Waals surface area (Å²) in [6, 6.07) is 6.70. The minimum atomic E-state index is -0.776. The van der Waals surface area contributed by atoms with E-state index < -0.39 is 11.6 Å². The number of halogens is 3. The first-order chi connectivity index (χ1) is 21.7. The number of ether oxygens (including phenoxy) is 2. The lowest BCUT2D eigenvalue weighted by Crippen LogP contribution is -2.43. The Labute approximate surface area is 266 Å². The first-order valence-corrected chi connectivity index (χ1v) is 16.2. The standard InChI is InChI=1S/C32H28ClF2N7O2S/c1-15-9-32(6-2-7-41(32)12-15)14-44-31-39-26-23-27(43-13-20-16(10-36)5-8-42(20)30(23)40-31)24(33)22(25(26)35)17-3-4-19(34)28-21(17)18(11-37)29(38)45-28/h3-4,15-16,20H,2,5-9,12-14,38H2,1H3/t15-,16?,20?,32?/m1/s1. The smallest absolute Gasteiger partial charge is 0.319 e.